The van der Waals surface area contributed by atoms with Gasteiger partial charge in [0.25, 0.3) is 5.09 Å². The van der Waals surface area contributed by atoms with Gasteiger partial charge in [-0.1, -0.05) is 30.3 Å². The summed E-state index contributed by atoms with van der Waals surface area (Å²) in [6.45, 7) is 2.02. The minimum absolute atomic E-state index is 0.761. The Bertz CT molecular complexity index is 1140. The second kappa shape index (κ2) is 7.17. The van der Waals surface area contributed by atoms with Gasteiger partial charge in [0.05, 0.1) is 11.0 Å². The molecular formula is C20H18N4O3. The Morgan fingerprint density at radius 2 is 1.59 bits per heavy atom. The molecule has 4 rings (SSSR count). The largest absolute Gasteiger partial charge is 0.399 e. The van der Waals surface area contributed by atoms with Crippen molar-refractivity contribution in [3.05, 3.63) is 76.3 Å². The lowest BCUT2D eigenvalue weighted by Crippen LogP contribution is -1.94. The maximum absolute atomic E-state index is 8.36. The monoisotopic (exact) mass is 362 g/mol. The maximum atomic E-state index is 8.36. The lowest BCUT2D eigenvalue weighted by Gasteiger charge is -2.13. The van der Waals surface area contributed by atoms with Gasteiger partial charge < -0.3 is 16.7 Å². The van der Waals surface area contributed by atoms with Crippen LogP contribution in [0.25, 0.3) is 32.9 Å². The van der Waals surface area contributed by atoms with Crippen LogP contribution in [-0.2, 0) is 0 Å². The van der Waals surface area contributed by atoms with Crippen molar-refractivity contribution in [3.63, 3.8) is 0 Å². The Labute approximate surface area is 155 Å². The van der Waals surface area contributed by atoms with Crippen LogP contribution < -0.4 is 11.5 Å². The van der Waals surface area contributed by atoms with Crippen LogP contribution in [0.1, 0.15) is 5.56 Å². The Morgan fingerprint density at radius 3 is 2.26 bits per heavy atom. The third-order valence-corrected chi connectivity index (χ3v) is 4.27. The molecule has 7 nitrogen and oxygen atoms in total. The first-order chi connectivity index (χ1) is 12.9. The molecule has 0 radical (unpaired) electrons. The summed E-state index contributed by atoms with van der Waals surface area (Å²) in [4.78, 5) is 13.1. The maximum Gasteiger partial charge on any atom is 0.291 e. The number of anilines is 2. The highest BCUT2D eigenvalue weighted by Crippen LogP contribution is 2.36. The Kier molecular flexibility index (Phi) is 4.76. The molecule has 0 saturated heterocycles. The molecule has 0 spiro atoms. The van der Waals surface area contributed by atoms with Gasteiger partial charge in [-0.25, -0.2) is 4.98 Å². The molecule has 1 heterocycles. The van der Waals surface area contributed by atoms with Crippen LogP contribution in [0, 0.1) is 17.0 Å². The average Bonchev–Trinajstić information content (AvgIpc) is 2.62. The van der Waals surface area contributed by atoms with Crippen LogP contribution >= 0.6 is 0 Å². The molecule has 0 unspecified atom stereocenters. The van der Waals surface area contributed by atoms with Gasteiger partial charge in [-0.2, -0.15) is 0 Å². The molecule has 1 aromatic heterocycles. The van der Waals surface area contributed by atoms with Gasteiger partial charge in [0.2, 0.25) is 0 Å². The standard InChI is InChI=1S/C20H17N3.HNO3/c1-12-10-16-19(11-17(12)22)23-18-5-3-2-4-15(18)20(16)13-6-8-14(21)9-7-13;2-1(3)4/h2-11H,21-22H2,1H3;(H,2,3,4). The van der Waals surface area contributed by atoms with E-state index in [1.807, 2.05) is 43.3 Å². The topological polar surface area (TPSA) is 128 Å². The number of aromatic nitrogens is 1. The molecule has 4 aromatic rings. The van der Waals surface area contributed by atoms with Crippen LogP contribution in [0.5, 0.6) is 0 Å². The first kappa shape index (κ1) is 17.9. The number of pyridine rings is 1. The fourth-order valence-corrected chi connectivity index (χ4v) is 3.02. The highest BCUT2D eigenvalue weighted by atomic mass is 16.9. The third kappa shape index (κ3) is 3.72. The quantitative estimate of drug-likeness (QED) is 0.202. The van der Waals surface area contributed by atoms with E-state index in [0.29, 0.717) is 0 Å². The second-order valence-corrected chi connectivity index (χ2v) is 6.09. The van der Waals surface area contributed by atoms with Gasteiger partial charge in [-0.05, 0) is 48.4 Å². The number of fused-ring (bicyclic) bond motifs is 2. The van der Waals surface area contributed by atoms with Crippen LogP contribution in [-0.4, -0.2) is 15.3 Å². The zero-order valence-electron chi connectivity index (χ0n) is 14.6. The van der Waals surface area contributed by atoms with E-state index in [2.05, 4.69) is 24.3 Å². The number of para-hydroxylation sites is 1. The molecule has 0 atom stereocenters. The number of aryl methyl sites for hydroxylation is 1. The normalized spacial score (nSPS) is 10.4. The minimum Gasteiger partial charge on any atom is -0.399 e. The van der Waals surface area contributed by atoms with E-state index in [1.54, 1.807) is 0 Å². The molecule has 3 aromatic carbocycles. The van der Waals surface area contributed by atoms with Crippen molar-refractivity contribution in [3.8, 4) is 11.1 Å². The van der Waals surface area contributed by atoms with Crippen molar-refractivity contribution in [2.24, 2.45) is 0 Å². The highest BCUT2D eigenvalue weighted by molar-refractivity contribution is 6.10. The van der Waals surface area contributed by atoms with Gasteiger partial charge in [0.1, 0.15) is 0 Å². The Morgan fingerprint density at radius 1 is 0.963 bits per heavy atom. The van der Waals surface area contributed by atoms with Crippen LogP contribution in [0.3, 0.4) is 0 Å². The number of nitrogens with two attached hydrogens (primary N) is 2. The molecule has 0 saturated carbocycles. The van der Waals surface area contributed by atoms with Gasteiger partial charge >= 0.3 is 0 Å². The summed E-state index contributed by atoms with van der Waals surface area (Å²) in [7, 11) is 0. The molecule has 5 N–H and O–H groups in total. The summed E-state index contributed by atoms with van der Waals surface area (Å²) >= 11 is 0. The summed E-state index contributed by atoms with van der Waals surface area (Å²) < 4.78 is 0. The zero-order valence-corrected chi connectivity index (χ0v) is 14.6. The fraction of sp³-hybridized carbons (Fsp3) is 0.0500. The van der Waals surface area contributed by atoms with Crippen molar-refractivity contribution >= 4 is 33.2 Å². The van der Waals surface area contributed by atoms with E-state index in [9.17, 15) is 0 Å². The summed E-state index contributed by atoms with van der Waals surface area (Å²) in [6.07, 6.45) is 0. The molecule has 0 aliphatic carbocycles. The summed E-state index contributed by atoms with van der Waals surface area (Å²) in [5, 5.41) is 15.9. The molecule has 0 aliphatic rings. The van der Waals surface area contributed by atoms with Gasteiger partial charge in [0, 0.05) is 27.7 Å². The SMILES string of the molecule is Cc1cc2c(-c3ccc(N)cc3)c3ccccc3nc2cc1N.O=[N+]([O-])O. The summed E-state index contributed by atoms with van der Waals surface area (Å²) in [5.41, 5.74) is 18.7. The average molecular weight is 362 g/mol. The van der Waals surface area contributed by atoms with Gasteiger partial charge in [-0.3, -0.25) is 0 Å². The van der Waals surface area contributed by atoms with Crippen molar-refractivity contribution in [2.45, 2.75) is 6.92 Å². The van der Waals surface area contributed by atoms with Gasteiger partial charge in [0.15, 0.2) is 0 Å². The third-order valence-electron chi connectivity index (χ3n) is 4.27. The van der Waals surface area contributed by atoms with E-state index >= 15 is 0 Å². The molecule has 136 valence electrons. The molecule has 0 aliphatic heterocycles. The van der Waals surface area contributed by atoms with Crippen molar-refractivity contribution in [2.75, 3.05) is 11.5 Å². The fourth-order valence-electron chi connectivity index (χ4n) is 3.02. The molecule has 0 bridgehead atoms. The Hall–Kier alpha value is -3.87. The number of nitrogen functional groups attached to an aromatic ring is 2. The zero-order chi connectivity index (χ0) is 19.6. The van der Waals surface area contributed by atoms with Crippen molar-refractivity contribution in [1.29, 1.82) is 0 Å². The number of hydrogen-bond acceptors (Lipinski definition) is 5. The van der Waals surface area contributed by atoms with Gasteiger partial charge in [-0.15, -0.1) is 10.1 Å². The van der Waals surface area contributed by atoms with E-state index in [-0.39, 0.29) is 0 Å². The molecular weight excluding hydrogens is 344 g/mol. The molecule has 7 heteroatoms. The van der Waals surface area contributed by atoms with Crippen molar-refractivity contribution in [1.82, 2.24) is 4.98 Å². The predicted molar refractivity (Wildman–Crippen MR) is 107 cm³/mol. The van der Waals surface area contributed by atoms with E-state index < -0.39 is 5.09 Å². The second-order valence-electron chi connectivity index (χ2n) is 6.09. The lowest BCUT2D eigenvalue weighted by molar-refractivity contribution is -0.742. The number of rotatable bonds is 1. The minimum atomic E-state index is -1.50. The number of nitrogens with zero attached hydrogens (tertiary/aromatic N) is 2. The smallest absolute Gasteiger partial charge is 0.291 e. The molecule has 27 heavy (non-hydrogen) atoms. The van der Waals surface area contributed by atoms with E-state index in [0.717, 1.165) is 44.3 Å². The van der Waals surface area contributed by atoms with Crippen LogP contribution in [0.4, 0.5) is 11.4 Å². The number of benzene rings is 3. The van der Waals surface area contributed by atoms with Crippen LogP contribution in [0.2, 0.25) is 0 Å². The van der Waals surface area contributed by atoms with Crippen molar-refractivity contribution < 1.29 is 10.3 Å². The molecule has 0 fully saturated rings. The molecule has 0 amide bonds. The first-order valence-corrected chi connectivity index (χ1v) is 8.14. The lowest BCUT2D eigenvalue weighted by atomic mass is 9.95. The number of hydrogen-bond donors (Lipinski definition) is 3. The summed E-state index contributed by atoms with van der Waals surface area (Å²) in [6, 6.07) is 20.2. The predicted octanol–water partition coefficient (Wildman–Crippen LogP) is 4.18. The highest BCUT2D eigenvalue weighted by Gasteiger charge is 2.12. The van der Waals surface area contributed by atoms with E-state index in [4.69, 9.17) is 31.8 Å². The first-order valence-electron chi connectivity index (χ1n) is 8.14. The summed E-state index contributed by atoms with van der Waals surface area (Å²) in [5.74, 6) is 0. The van der Waals surface area contributed by atoms with E-state index in [1.165, 1.54) is 5.56 Å². The Balaban J connectivity index is 0.000000481. The van der Waals surface area contributed by atoms with Crippen LogP contribution in [0.15, 0.2) is 60.7 Å².